The molecular formula is C13H24N4O. The quantitative estimate of drug-likeness (QED) is 0.780. The molecule has 102 valence electrons. The molecule has 1 aromatic rings. The molecule has 1 heterocycles. The number of hydrogen-bond donors (Lipinski definition) is 2. The lowest BCUT2D eigenvalue weighted by molar-refractivity contribution is 0.158. The zero-order chi connectivity index (χ0) is 13.6. The Bertz CT molecular complexity index is 379. The van der Waals surface area contributed by atoms with Crippen LogP contribution in [0.2, 0.25) is 0 Å². The maximum Gasteiger partial charge on any atom is 0.133 e. The van der Waals surface area contributed by atoms with Crippen LogP contribution < -0.4 is 10.6 Å². The van der Waals surface area contributed by atoms with Crippen LogP contribution in [-0.4, -0.2) is 36.3 Å². The van der Waals surface area contributed by atoms with Gasteiger partial charge in [-0.1, -0.05) is 6.92 Å². The molecule has 0 aliphatic heterocycles. The normalized spacial score (nSPS) is 11.4. The van der Waals surface area contributed by atoms with Gasteiger partial charge in [0.05, 0.1) is 12.1 Å². The van der Waals surface area contributed by atoms with Gasteiger partial charge < -0.3 is 15.4 Å². The van der Waals surface area contributed by atoms with Crippen LogP contribution in [-0.2, 0) is 11.2 Å². The van der Waals surface area contributed by atoms with E-state index < -0.39 is 0 Å². The highest BCUT2D eigenvalue weighted by atomic mass is 16.5. The number of aryl methyl sites for hydroxylation is 1. The number of methoxy groups -OCH3 is 1. The van der Waals surface area contributed by atoms with E-state index in [1.807, 2.05) is 13.1 Å². The van der Waals surface area contributed by atoms with E-state index in [4.69, 9.17) is 4.74 Å². The van der Waals surface area contributed by atoms with Gasteiger partial charge in [-0.3, -0.25) is 0 Å². The molecule has 0 radical (unpaired) electrons. The molecule has 18 heavy (non-hydrogen) atoms. The summed E-state index contributed by atoms with van der Waals surface area (Å²) >= 11 is 0. The van der Waals surface area contributed by atoms with Gasteiger partial charge in [0.15, 0.2) is 0 Å². The minimum absolute atomic E-state index is 0.155. The standard InChI is InChI=1S/C13H24N4O/c1-6-7-10-15-11(14-4)8-12(16-10)17-13(2,3)9-18-5/h8H,6-7,9H2,1-5H3,(H2,14,15,16,17). The van der Waals surface area contributed by atoms with Crippen LogP contribution in [0.4, 0.5) is 11.6 Å². The van der Waals surface area contributed by atoms with E-state index in [2.05, 4.69) is 41.4 Å². The van der Waals surface area contributed by atoms with Crippen LogP contribution >= 0.6 is 0 Å². The lowest BCUT2D eigenvalue weighted by Crippen LogP contribution is -2.36. The van der Waals surface area contributed by atoms with E-state index in [9.17, 15) is 0 Å². The Balaban J connectivity index is 2.90. The Morgan fingerprint density at radius 2 is 1.94 bits per heavy atom. The zero-order valence-corrected chi connectivity index (χ0v) is 12.0. The molecular weight excluding hydrogens is 228 g/mol. The second-order valence-electron chi connectivity index (χ2n) is 5.00. The molecule has 0 fully saturated rings. The summed E-state index contributed by atoms with van der Waals surface area (Å²) in [6.45, 7) is 6.90. The SMILES string of the molecule is CCCc1nc(NC)cc(NC(C)(C)COC)n1. The van der Waals surface area contributed by atoms with E-state index in [1.54, 1.807) is 7.11 Å². The number of ether oxygens (including phenoxy) is 1. The summed E-state index contributed by atoms with van der Waals surface area (Å²) in [4.78, 5) is 8.94. The number of rotatable bonds is 7. The van der Waals surface area contributed by atoms with Crippen molar-refractivity contribution in [2.45, 2.75) is 39.2 Å². The first-order valence-corrected chi connectivity index (χ1v) is 6.33. The third kappa shape index (κ3) is 4.49. The summed E-state index contributed by atoms with van der Waals surface area (Å²) in [5.74, 6) is 2.53. The van der Waals surface area contributed by atoms with Crippen LogP contribution in [0.3, 0.4) is 0 Å². The fourth-order valence-electron chi connectivity index (χ4n) is 1.77. The Kier molecular flexibility index (Phi) is 5.34. The minimum atomic E-state index is -0.155. The van der Waals surface area contributed by atoms with E-state index in [1.165, 1.54) is 0 Å². The highest BCUT2D eigenvalue weighted by molar-refractivity contribution is 5.48. The fourth-order valence-corrected chi connectivity index (χ4v) is 1.77. The molecule has 0 bridgehead atoms. The van der Waals surface area contributed by atoms with Crippen LogP contribution in [0.15, 0.2) is 6.07 Å². The molecule has 0 unspecified atom stereocenters. The van der Waals surface area contributed by atoms with Crippen LogP contribution in [0, 0.1) is 0 Å². The molecule has 0 atom stereocenters. The van der Waals surface area contributed by atoms with E-state index in [0.29, 0.717) is 6.61 Å². The van der Waals surface area contributed by atoms with Gasteiger partial charge in [-0.2, -0.15) is 0 Å². The summed E-state index contributed by atoms with van der Waals surface area (Å²) in [5.41, 5.74) is -0.155. The van der Waals surface area contributed by atoms with Crippen molar-refractivity contribution in [3.63, 3.8) is 0 Å². The third-order valence-electron chi connectivity index (χ3n) is 2.47. The average Bonchev–Trinajstić information content (AvgIpc) is 2.28. The maximum absolute atomic E-state index is 5.19. The Morgan fingerprint density at radius 1 is 1.28 bits per heavy atom. The largest absolute Gasteiger partial charge is 0.382 e. The van der Waals surface area contributed by atoms with Crippen LogP contribution in [0.1, 0.15) is 33.0 Å². The van der Waals surface area contributed by atoms with E-state index >= 15 is 0 Å². The second-order valence-corrected chi connectivity index (χ2v) is 5.00. The molecule has 0 saturated heterocycles. The lowest BCUT2D eigenvalue weighted by Gasteiger charge is -2.26. The number of hydrogen-bond acceptors (Lipinski definition) is 5. The highest BCUT2D eigenvalue weighted by Gasteiger charge is 2.18. The maximum atomic E-state index is 5.19. The topological polar surface area (TPSA) is 59.1 Å². The molecule has 1 aromatic heterocycles. The van der Waals surface area contributed by atoms with Gasteiger partial charge in [0, 0.05) is 26.6 Å². The van der Waals surface area contributed by atoms with Gasteiger partial charge in [0.25, 0.3) is 0 Å². The molecule has 0 spiro atoms. The zero-order valence-electron chi connectivity index (χ0n) is 12.0. The summed E-state index contributed by atoms with van der Waals surface area (Å²) in [5, 5.41) is 6.44. The molecule has 5 heteroatoms. The summed E-state index contributed by atoms with van der Waals surface area (Å²) in [7, 11) is 3.56. The Hall–Kier alpha value is -1.36. The minimum Gasteiger partial charge on any atom is -0.382 e. The lowest BCUT2D eigenvalue weighted by atomic mass is 10.1. The first-order chi connectivity index (χ1) is 8.50. The van der Waals surface area contributed by atoms with Gasteiger partial charge in [0.1, 0.15) is 17.5 Å². The summed E-state index contributed by atoms with van der Waals surface area (Å²) in [6, 6.07) is 1.91. The number of anilines is 2. The van der Waals surface area contributed by atoms with Gasteiger partial charge in [-0.25, -0.2) is 9.97 Å². The van der Waals surface area contributed by atoms with Crippen LogP contribution in [0.5, 0.6) is 0 Å². The van der Waals surface area contributed by atoms with Gasteiger partial charge >= 0.3 is 0 Å². The van der Waals surface area contributed by atoms with Crippen molar-refractivity contribution in [3.8, 4) is 0 Å². The molecule has 0 amide bonds. The Morgan fingerprint density at radius 3 is 2.50 bits per heavy atom. The molecule has 1 rings (SSSR count). The second kappa shape index (κ2) is 6.54. The average molecular weight is 252 g/mol. The monoisotopic (exact) mass is 252 g/mol. The number of nitrogens with zero attached hydrogens (tertiary/aromatic N) is 2. The predicted molar refractivity (Wildman–Crippen MR) is 75.2 cm³/mol. The van der Waals surface area contributed by atoms with Gasteiger partial charge in [-0.05, 0) is 20.3 Å². The Labute approximate surface area is 109 Å². The van der Waals surface area contributed by atoms with Crippen molar-refractivity contribution in [2.24, 2.45) is 0 Å². The van der Waals surface area contributed by atoms with Crippen LogP contribution in [0.25, 0.3) is 0 Å². The van der Waals surface area contributed by atoms with Crippen molar-refractivity contribution in [1.29, 1.82) is 0 Å². The third-order valence-corrected chi connectivity index (χ3v) is 2.47. The smallest absolute Gasteiger partial charge is 0.133 e. The number of aromatic nitrogens is 2. The van der Waals surface area contributed by atoms with Gasteiger partial charge in [-0.15, -0.1) is 0 Å². The molecule has 0 aliphatic carbocycles. The molecule has 0 saturated carbocycles. The van der Waals surface area contributed by atoms with E-state index in [0.717, 1.165) is 30.3 Å². The summed E-state index contributed by atoms with van der Waals surface area (Å²) < 4.78 is 5.19. The predicted octanol–water partition coefficient (Wildman–Crippen LogP) is 2.31. The fraction of sp³-hybridized carbons (Fsp3) is 0.692. The number of nitrogens with one attached hydrogen (secondary N) is 2. The molecule has 5 nitrogen and oxygen atoms in total. The van der Waals surface area contributed by atoms with Crippen molar-refractivity contribution >= 4 is 11.6 Å². The van der Waals surface area contributed by atoms with Crippen molar-refractivity contribution in [2.75, 3.05) is 31.4 Å². The van der Waals surface area contributed by atoms with Crippen molar-refractivity contribution in [1.82, 2.24) is 9.97 Å². The highest BCUT2D eigenvalue weighted by Crippen LogP contribution is 2.17. The van der Waals surface area contributed by atoms with E-state index in [-0.39, 0.29) is 5.54 Å². The van der Waals surface area contributed by atoms with Crippen molar-refractivity contribution in [3.05, 3.63) is 11.9 Å². The molecule has 2 N–H and O–H groups in total. The first kappa shape index (κ1) is 14.7. The molecule has 0 aliphatic rings. The summed E-state index contributed by atoms with van der Waals surface area (Å²) in [6.07, 6.45) is 1.92. The first-order valence-electron chi connectivity index (χ1n) is 6.33. The van der Waals surface area contributed by atoms with Crippen molar-refractivity contribution < 1.29 is 4.74 Å². The van der Waals surface area contributed by atoms with Gasteiger partial charge in [0.2, 0.25) is 0 Å². The molecule has 0 aromatic carbocycles.